The van der Waals surface area contributed by atoms with E-state index < -0.39 is 5.91 Å². The Morgan fingerprint density at radius 3 is 2.70 bits per heavy atom. The van der Waals surface area contributed by atoms with Crippen molar-refractivity contribution in [1.82, 2.24) is 4.98 Å². The van der Waals surface area contributed by atoms with E-state index in [4.69, 9.17) is 4.74 Å². The fraction of sp³-hybridized carbons (Fsp3) is 0.238. The zero-order valence-corrected chi connectivity index (χ0v) is 15.1. The van der Waals surface area contributed by atoms with E-state index >= 15 is 0 Å². The number of benzene rings is 2. The van der Waals surface area contributed by atoms with E-state index in [-0.39, 0.29) is 22.2 Å². The molecule has 1 aromatic heterocycles. The molecule has 4 rings (SSSR count). The van der Waals surface area contributed by atoms with Gasteiger partial charge in [0.2, 0.25) is 5.43 Å². The van der Waals surface area contributed by atoms with E-state index in [1.165, 1.54) is 12.3 Å². The Bertz CT molecular complexity index is 1110. The van der Waals surface area contributed by atoms with E-state index in [0.717, 1.165) is 11.1 Å². The van der Waals surface area contributed by atoms with Gasteiger partial charge in [-0.15, -0.1) is 0 Å². The number of rotatable bonds is 3. The summed E-state index contributed by atoms with van der Waals surface area (Å²) in [5.74, 6) is -0.430. The molecule has 0 unspecified atom stereocenters. The van der Waals surface area contributed by atoms with Crippen LogP contribution in [-0.4, -0.2) is 29.2 Å². The summed E-state index contributed by atoms with van der Waals surface area (Å²) in [7, 11) is 0. The predicted octanol–water partition coefficient (Wildman–Crippen LogP) is 3.08. The Kier molecular flexibility index (Phi) is 4.00. The summed E-state index contributed by atoms with van der Waals surface area (Å²) < 4.78 is 5.34. The molecule has 0 saturated carbocycles. The van der Waals surface area contributed by atoms with E-state index in [2.05, 4.69) is 10.3 Å². The molecule has 3 aromatic rings. The van der Waals surface area contributed by atoms with Crippen molar-refractivity contribution in [2.24, 2.45) is 0 Å². The first-order valence-electron chi connectivity index (χ1n) is 8.73. The smallest absolute Gasteiger partial charge is 0.261 e. The second-order valence-electron chi connectivity index (χ2n) is 7.27. The number of pyridine rings is 1. The number of aromatic nitrogens is 1. The highest BCUT2D eigenvalue weighted by Crippen LogP contribution is 2.39. The highest BCUT2D eigenvalue weighted by atomic mass is 16.5. The second kappa shape index (κ2) is 6.25. The number of para-hydroxylation sites is 1. The van der Waals surface area contributed by atoms with Gasteiger partial charge in [-0.05, 0) is 36.2 Å². The number of ether oxygens (including phenoxy) is 1. The molecule has 27 heavy (non-hydrogen) atoms. The third-order valence-electron chi connectivity index (χ3n) is 5.11. The van der Waals surface area contributed by atoms with Gasteiger partial charge in [0, 0.05) is 34.3 Å². The average molecular weight is 364 g/mol. The molecule has 0 atom stereocenters. The van der Waals surface area contributed by atoms with Crippen molar-refractivity contribution >= 4 is 22.5 Å². The summed E-state index contributed by atoms with van der Waals surface area (Å²) in [5.41, 5.74) is 2.21. The van der Waals surface area contributed by atoms with Gasteiger partial charge in [0.15, 0.2) is 0 Å². The van der Waals surface area contributed by atoms with Gasteiger partial charge in [0.05, 0.1) is 13.2 Å². The Morgan fingerprint density at radius 1 is 1.26 bits per heavy atom. The lowest BCUT2D eigenvalue weighted by atomic mass is 9.79. The lowest BCUT2D eigenvalue weighted by molar-refractivity contribution is -0.0496. The number of carbonyl (C=O) groups excluding carboxylic acids is 1. The highest BCUT2D eigenvalue weighted by molar-refractivity contribution is 6.06. The number of hydrogen-bond donors (Lipinski definition) is 3. The van der Waals surface area contributed by atoms with Crippen LogP contribution < -0.4 is 10.7 Å². The number of hydrogen-bond acceptors (Lipinski definition) is 4. The second-order valence-corrected chi connectivity index (χ2v) is 7.27. The number of amides is 1. The molecular formula is C21H20N2O4. The first kappa shape index (κ1) is 17.3. The van der Waals surface area contributed by atoms with Crippen LogP contribution in [-0.2, 0) is 10.2 Å². The number of carbonyl (C=O) groups is 1. The van der Waals surface area contributed by atoms with Crippen molar-refractivity contribution in [2.75, 3.05) is 18.5 Å². The first-order chi connectivity index (χ1) is 12.9. The van der Waals surface area contributed by atoms with Gasteiger partial charge >= 0.3 is 0 Å². The number of aryl methyl sites for hydroxylation is 1. The van der Waals surface area contributed by atoms with Crippen LogP contribution in [0.25, 0.3) is 10.9 Å². The van der Waals surface area contributed by atoms with Crippen LogP contribution in [0.1, 0.15) is 28.4 Å². The summed E-state index contributed by atoms with van der Waals surface area (Å²) in [6, 6.07) is 10.4. The van der Waals surface area contributed by atoms with Crippen LogP contribution in [0.15, 0.2) is 47.4 Å². The molecule has 6 nitrogen and oxygen atoms in total. The van der Waals surface area contributed by atoms with E-state index in [9.17, 15) is 14.7 Å². The molecule has 1 fully saturated rings. The molecule has 0 spiro atoms. The van der Waals surface area contributed by atoms with Gasteiger partial charge in [0.25, 0.3) is 5.91 Å². The maximum Gasteiger partial charge on any atom is 0.261 e. The molecule has 138 valence electrons. The number of H-pyrrole nitrogens is 1. The largest absolute Gasteiger partial charge is 0.508 e. The number of aromatic amines is 1. The van der Waals surface area contributed by atoms with Gasteiger partial charge in [-0.3, -0.25) is 9.59 Å². The molecule has 0 radical (unpaired) electrons. The summed E-state index contributed by atoms with van der Waals surface area (Å²) in [4.78, 5) is 28.5. The van der Waals surface area contributed by atoms with E-state index in [1.807, 2.05) is 19.1 Å². The first-order valence-corrected chi connectivity index (χ1v) is 8.73. The molecule has 1 aliphatic rings. The Balaban J connectivity index is 1.75. The van der Waals surface area contributed by atoms with Crippen molar-refractivity contribution < 1.29 is 14.6 Å². The molecule has 1 saturated heterocycles. The summed E-state index contributed by atoms with van der Waals surface area (Å²) in [5, 5.41) is 13.4. The molecule has 1 aliphatic heterocycles. The van der Waals surface area contributed by atoms with Crippen molar-refractivity contribution in [3.05, 3.63) is 69.5 Å². The van der Waals surface area contributed by atoms with E-state index in [1.54, 1.807) is 25.1 Å². The number of phenols is 1. The third-order valence-corrected chi connectivity index (χ3v) is 5.11. The van der Waals surface area contributed by atoms with Gasteiger partial charge in [0.1, 0.15) is 11.3 Å². The Hall–Kier alpha value is -3.12. The van der Waals surface area contributed by atoms with Crippen molar-refractivity contribution in [1.29, 1.82) is 0 Å². The van der Waals surface area contributed by atoms with Crippen LogP contribution in [0.5, 0.6) is 5.75 Å². The zero-order valence-electron chi connectivity index (χ0n) is 15.1. The van der Waals surface area contributed by atoms with Gasteiger partial charge in [-0.2, -0.15) is 0 Å². The fourth-order valence-corrected chi connectivity index (χ4v) is 3.39. The zero-order chi connectivity index (χ0) is 19.2. The molecular weight excluding hydrogens is 344 g/mol. The van der Waals surface area contributed by atoms with Crippen molar-refractivity contribution in [3.8, 4) is 5.75 Å². The molecule has 2 heterocycles. The number of aromatic hydroxyl groups is 1. The third kappa shape index (κ3) is 2.88. The standard InChI is InChI=1S/C21H20N2O4/c1-12-7-15(21(2)10-27-11-21)17(8-18(12)24)23-20(26)14-9-22-16-6-4-3-5-13(16)19(14)25/h3-9,24H,10-11H2,1-2H3,(H,22,25)(H,23,26). The lowest BCUT2D eigenvalue weighted by Gasteiger charge is -2.40. The number of fused-ring (bicyclic) bond motifs is 1. The normalized spacial score (nSPS) is 15.3. The lowest BCUT2D eigenvalue weighted by Crippen LogP contribution is -2.44. The van der Waals surface area contributed by atoms with Crippen LogP contribution in [0.2, 0.25) is 0 Å². The molecule has 2 aromatic carbocycles. The molecule has 0 aliphatic carbocycles. The number of phenolic OH excluding ortho intramolecular Hbond substituents is 1. The van der Waals surface area contributed by atoms with Crippen LogP contribution in [0, 0.1) is 6.92 Å². The highest BCUT2D eigenvalue weighted by Gasteiger charge is 2.38. The minimum atomic E-state index is -0.518. The Morgan fingerprint density at radius 2 is 2.00 bits per heavy atom. The van der Waals surface area contributed by atoms with Crippen LogP contribution in [0.3, 0.4) is 0 Å². The minimum Gasteiger partial charge on any atom is -0.508 e. The average Bonchev–Trinajstić information content (AvgIpc) is 2.63. The fourth-order valence-electron chi connectivity index (χ4n) is 3.39. The SMILES string of the molecule is Cc1cc(C2(C)COC2)c(NC(=O)c2c[nH]c3ccccc3c2=O)cc1O. The molecule has 6 heteroatoms. The van der Waals surface area contributed by atoms with E-state index in [0.29, 0.717) is 29.8 Å². The molecule has 3 N–H and O–H groups in total. The topological polar surface area (TPSA) is 91.4 Å². The summed E-state index contributed by atoms with van der Waals surface area (Å²) in [6.45, 7) is 4.93. The molecule has 1 amide bonds. The summed E-state index contributed by atoms with van der Waals surface area (Å²) >= 11 is 0. The number of nitrogens with one attached hydrogen (secondary N) is 2. The quantitative estimate of drug-likeness (QED) is 0.666. The minimum absolute atomic E-state index is 0.0229. The predicted molar refractivity (Wildman–Crippen MR) is 104 cm³/mol. The van der Waals surface area contributed by atoms with Gasteiger partial charge in [-0.1, -0.05) is 19.1 Å². The number of anilines is 1. The van der Waals surface area contributed by atoms with Crippen molar-refractivity contribution in [2.45, 2.75) is 19.3 Å². The van der Waals surface area contributed by atoms with Gasteiger partial charge < -0.3 is 20.1 Å². The monoisotopic (exact) mass is 364 g/mol. The van der Waals surface area contributed by atoms with Gasteiger partial charge in [-0.25, -0.2) is 0 Å². The van der Waals surface area contributed by atoms with Crippen molar-refractivity contribution in [3.63, 3.8) is 0 Å². The van der Waals surface area contributed by atoms with Crippen LogP contribution in [0.4, 0.5) is 5.69 Å². The maximum atomic E-state index is 12.8. The summed E-state index contributed by atoms with van der Waals surface area (Å²) in [6.07, 6.45) is 1.42. The Labute approximate surface area is 155 Å². The molecule has 0 bridgehead atoms. The maximum absolute atomic E-state index is 12.8. The van der Waals surface area contributed by atoms with Crippen LogP contribution >= 0.6 is 0 Å².